The van der Waals surface area contributed by atoms with Crippen molar-refractivity contribution in [2.45, 2.75) is 43.8 Å². The molecule has 11 heteroatoms. The first kappa shape index (κ1) is 22.9. The van der Waals surface area contributed by atoms with Crippen molar-refractivity contribution in [3.05, 3.63) is 27.5 Å². The van der Waals surface area contributed by atoms with Gasteiger partial charge < -0.3 is 15.0 Å². The second-order valence-corrected chi connectivity index (χ2v) is 9.51. The molecule has 0 aliphatic rings. The van der Waals surface area contributed by atoms with Crippen LogP contribution in [-0.4, -0.2) is 44.7 Å². The highest BCUT2D eigenvalue weighted by atomic mass is 79.9. The van der Waals surface area contributed by atoms with Crippen LogP contribution in [0.2, 0.25) is 5.15 Å². The fourth-order valence-corrected chi connectivity index (χ4v) is 3.29. The Kier molecular flexibility index (Phi) is 8.45. The van der Waals surface area contributed by atoms with Gasteiger partial charge in [0.15, 0.2) is 6.04 Å². The first-order valence-corrected chi connectivity index (χ1v) is 9.59. The molecule has 1 aromatic rings. The fourth-order valence-electron chi connectivity index (χ4n) is 1.69. The van der Waals surface area contributed by atoms with Crippen molar-refractivity contribution in [1.82, 2.24) is 15.0 Å². The van der Waals surface area contributed by atoms with Crippen LogP contribution in [0, 0.1) is 0 Å². The van der Waals surface area contributed by atoms with Crippen molar-refractivity contribution in [3.63, 3.8) is 0 Å². The molecule has 1 heterocycles. The third-order valence-corrected chi connectivity index (χ3v) is 5.27. The number of nitrogens with zero attached hydrogens (tertiary/aromatic N) is 1. The molecule has 1 rings (SSSR count). The molecule has 0 aromatic carbocycles. The predicted molar refractivity (Wildman–Crippen MR) is 95.7 cm³/mol. The Morgan fingerprint density at radius 2 is 1.92 bits per heavy atom. The smallest absolute Gasteiger partial charge is 0.409 e. The summed E-state index contributed by atoms with van der Waals surface area (Å²) >= 11 is 7.02. The molecule has 0 spiro atoms. The van der Waals surface area contributed by atoms with Crippen LogP contribution >= 0.6 is 27.5 Å². The maximum Gasteiger partial charge on any atom is 0.409 e. The minimum absolute atomic E-state index is 0.136. The number of halogens is 5. The number of aliphatic hydroxyl groups excluding tert-OH is 1. The van der Waals surface area contributed by atoms with E-state index in [0.29, 0.717) is 10.2 Å². The highest BCUT2D eigenvalue weighted by Gasteiger charge is 2.44. The van der Waals surface area contributed by atoms with Crippen LogP contribution in [0.15, 0.2) is 16.7 Å². The van der Waals surface area contributed by atoms with E-state index in [0.717, 1.165) is 0 Å². The number of hydrogen-bond acceptors (Lipinski definition) is 5. The maximum absolute atomic E-state index is 13.1. The van der Waals surface area contributed by atoms with E-state index in [2.05, 4.69) is 31.0 Å². The van der Waals surface area contributed by atoms with Gasteiger partial charge in [-0.05, 0) is 54.4 Å². The van der Waals surface area contributed by atoms with Gasteiger partial charge in [0.05, 0.1) is 6.10 Å². The van der Waals surface area contributed by atoms with Gasteiger partial charge in [0, 0.05) is 24.5 Å². The van der Waals surface area contributed by atoms with E-state index in [-0.39, 0.29) is 11.7 Å². The van der Waals surface area contributed by atoms with Gasteiger partial charge in [-0.25, -0.2) is 4.98 Å². The fraction of sp³-hybridized carbons (Fsp3) is 0.643. The van der Waals surface area contributed by atoms with E-state index in [1.165, 1.54) is 12.1 Å². The van der Waals surface area contributed by atoms with Crippen molar-refractivity contribution < 1.29 is 22.8 Å². The molecule has 0 radical (unpaired) electrons. The Hall–Kier alpha value is -0.100. The molecule has 0 bridgehead atoms. The minimum atomic E-state index is -4.58. The summed E-state index contributed by atoms with van der Waals surface area (Å²) < 4.78 is 52.9. The molecule has 0 fully saturated rings. The highest BCUT2D eigenvalue weighted by Crippen LogP contribution is 2.24. The van der Waals surface area contributed by atoms with Crippen molar-refractivity contribution in [3.8, 4) is 0 Å². The molecular weight excluding hydrogens is 447 g/mol. The Labute approximate surface area is 161 Å². The van der Waals surface area contributed by atoms with Gasteiger partial charge in [0.2, 0.25) is 0 Å². The Morgan fingerprint density at radius 1 is 1.32 bits per heavy atom. The van der Waals surface area contributed by atoms with Crippen LogP contribution in [0.1, 0.15) is 32.4 Å². The van der Waals surface area contributed by atoms with E-state index < -0.39 is 41.0 Å². The molecule has 1 aromatic heterocycles. The monoisotopic (exact) mass is 465 g/mol. The van der Waals surface area contributed by atoms with Gasteiger partial charge in [-0.2, -0.15) is 13.2 Å². The Balaban J connectivity index is 2.65. The molecule has 144 valence electrons. The molecular formula is C14H20BrClF3N3O2S. The van der Waals surface area contributed by atoms with Crippen LogP contribution in [0.5, 0.6) is 0 Å². The van der Waals surface area contributed by atoms with Crippen molar-refractivity contribution in [1.29, 1.82) is 0 Å². The minimum Gasteiger partial charge on any atom is -0.598 e. The zero-order chi connectivity index (χ0) is 19.4. The Morgan fingerprint density at radius 3 is 2.40 bits per heavy atom. The van der Waals surface area contributed by atoms with Gasteiger partial charge in [0.1, 0.15) is 14.5 Å². The van der Waals surface area contributed by atoms with E-state index in [9.17, 15) is 22.8 Å². The molecule has 0 aliphatic carbocycles. The van der Waals surface area contributed by atoms with Gasteiger partial charge in [0.25, 0.3) is 0 Å². The lowest BCUT2D eigenvalue weighted by Gasteiger charge is -2.29. The van der Waals surface area contributed by atoms with E-state index in [1.807, 2.05) is 0 Å². The molecule has 1 unspecified atom stereocenters. The largest absolute Gasteiger partial charge is 0.598 e. The SMILES string of the molecule is CC(C)(C)[S@@+]([O-])N[C@H](CNCC(O)c1cc(Cl)nc(Br)c1)C(F)(F)F. The van der Waals surface area contributed by atoms with Gasteiger partial charge in [-0.15, -0.1) is 4.72 Å². The van der Waals surface area contributed by atoms with Crippen LogP contribution in [0.25, 0.3) is 0 Å². The number of nitrogens with one attached hydrogen (secondary N) is 2. The number of alkyl halides is 3. The van der Waals surface area contributed by atoms with Gasteiger partial charge in [-0.1, -0.05) is 11.6 Å². The molecule has 0 amide bonds. The summed E-state index contributed by atoms with van der Waals surface area (Å²) in [7, 11) is 0. The zero-order valence-electron chi connectivity index (χ0n) is 13.8. The summed E-state index contributed by atoms with van der Waals surface area (Å²) in [4.78, 5) is 3.87. The average molecular weight is 467 g/mol. The summed E-state index contributed by atoms with van der Waals surface area (Å²) in [6.45, 7) is 4.05. The van der Waals surface area contributed by atoms with E-state index >= 15 is 0 Å². The second kappa shape index (κ2) is 9.20. The van der Waals surface area contributed by atoms with Gasteiger partial charge in [-0.3, -0.25) is 0 Å². The molecule has 0 saturated carbocycles. The standard InChI is InChI=1S/C14H20BrClF3N3O2S/c1-13(2,3)25(24)22-10(14(17,18)19)7-20-6-9(23)8-4-11(15)21-12(16)5-8/h4-5,9-10,20,22-23H,6-7H2,1-3H3/t9?,10-,25-/m1/s1. The first-order valence-electron chi connectivity index (χ1n) is 7.27. The predicted octanol–water partition coefficient (Wildman–Crippen LogP) is 3.10. The van der Waals surface area contributed by atoms with E-state index in [1.54, 1.807) is 20.8 Å². The molecule has 3 N–H and O–H groups in total. The summed E-state index contributed by atoms with van der Waals surface area (Å²) in [5, 5.41) is 12.8. The quantitative estimate of drug-likeness (QED) is 0.425. The topological polar surface area (TPSA) is 80.2 Å². The van der Waals surface area contributed by atoms with Crippen molar-refractivity contribution in [2.75, 3.05) is 13.1 Å². The summed E-state index contributed by atoms with van der Waals surface area (Å²) in [5.41, 5.74) is 0.411. The van der Waals surface area contributed by atoms with Crippen LogP contribution in [0.3, 0.4) is 0 Å². The molecule has 5 nitrogen and oxygen atoms in total. The van der Waals surface area contributed by atoms with Gasteiger partial charge >= 0.3 is 6.18 Å². The third kappa shape index (κ3) is 7.98. The summed E-state index contributed by atoms with van der Waals surface area (Å²) in [6, 6.07) is 0.937. The molecule has 0 saturated heterocycles. The van der Waals surface area contributed by atoms with Crippen molar-refractivity contribution in [2.24, 2.45) is 0 Å². The second-order valence-electron chi connectivity index (χ2n) is 6.31. The first-order chi connectivity index (χ1) is 11.3. The number of rotatable bonds is 7. The zero-order valence-corrected chi connectivity index (χ0v) is 17.0. The van der Waals surface area contributed by atoms with Crippen LogP contribution in [0.4, 0.5) is 13.2 Å². The van der Waals surface area contributed by atoms with E-state index in [4.69, 9.17) is 11.6 Å². The van der Waals surface area contributed by atoms with Crippen molar-refractivity contribution >= 4 is 38.9 Å². The highest BCUT2D eigenvalue weighted by molar-refractivity contribution is 9.10. The average Bonchev–Trinajstić information content (AvgIpc) is 2.42. The molecule has 3 atom stereocenters. The molecule has 0 aliphatic heterocycles. The number of hydrogen-bond donors (Lipinski definition) is 3. The molecule has 25 heavy (non-hydrogen) atoms. The number of aromatic nitrogens is 1. The number of pyridine rings is 1. The normalized spacial score (nSPS) is 16.6. The maximum atomic E-state index is 13.1. The summed E-state index contributed by atoms with van der Waals surface area (Å²) in [5.74, 6) is 0. The lowest BCUT2D eigenvalue weighted by atomic mass is 10.1. The van der Waals surface area contributed by atoms with Crippen LogP contribution in [-0.2, 0) is 11.4 Å². The third-order valence-electron chi connectivity index (χ3n) is 3.06. The van der Waals surface area contributed by atoms with Crippen LogP contribution < -0.4 is 10.0 Å². The summed E-state index contributed by atoms with van der Waals surface area (Å²) in [6.07, 6.45) is -5.65. The lowest BCUT2D eigenvalue weighted by Crippen LogP contribution is -2.55. The Bertz CT molecular complexity index is 555. The lowest BCUT2D eigenvalue weighted by molar-refractivity contribution is -0.150. The number of aliphatic hydroxyl groups is 1.